The minimum absolute atomic E-state index is 0. The first-order valence-corrected chi connectivity index (χ1v) is 3.34. The quantitative estimate of drug-likeness (QED) is 0.182. The van der Waals surface area contributed by atoms with E-state index in [2.05, 4.69) is 10.2 Å². The number of thioether (sulfide) groups is 1. The molecular formula is C3H10IN5S. The lowest BCUT2D eigenvalue weighted by Gasteiger charge is -1.95. The SMILES string of the molecule is CSC(=N\N)/C(N)=N/N.I. The minimum atomic E-state index is 0. The number of hydrazone groups is 2. The predicted octanol–water partition coefficient (Wildman–Crippen LogP) is -0.530. The molecule has 0 amide bonds. The highest BCUT2D eigenvalue weighted by Gasteiger charge is 1.99. The molecule has 0 aromatic rings. The number of nitrogens with zero attached hydrogens (tertiary/aromatic N) is 2. The van der Waals surface area contributed by atoms with Crippen LogP contribution < -0.4 is 17.4 Å². The highest BCUT2D eigenvalue weighted by atomic mass is 127. The monoisotopic (exact) mass is 275 g/mol. The lowest BCUT2D eigenvalue weighted by Crippen LogP contribution is -2.23. The summed E-state index contributed by atoms with van der Waals surface area (Å²) in [6.45, 7) is 0. The van der Waals surface area contributed by atoms with Crippen molar-refractivity contribution in [3.8, 4) is 0 Å². The molecule has 0 aliphatic rings. The molecule has 10 heavy (non-hydrogen) atoms. The molecule has 6 N–H and O–H groups in total. The second kappa shape index (κ2) is 6.93. The number of halogens is 1. The Balaban J connectivity index is 0. The van der Waals surface area contributed by atoms with Crippen LogP contribution in [-0.4, -0.2) is 17.1 Å². The molecule has 60 valence electrons. The van der Waals surface area contributed by atoms with Gasteiger partial charge in [0, 0.05) is 0 Å². The van der Waals surface area contributed by atoms with Gasteiger partial charge in [0.1, 0.15) is 0 Å². The molecule has 0 radical (unpaired) electrons. The normalized spacial score (nSPS) is 12.5. The van der Waals surface area contributed by atoms with Crippen molar-refractivity contribution >= 4 is 46.6 Å². The topological polar surface area (TPSA) is 103 Å². The summed E-state index contributed by atoms with van der Waals surface area (Å²) < 4.78 is 0. The van der Waals surface area contributed by atoms with Gasteiger partial charge in [-0.15, -0.1) is 35.7 Å². The lowest BCUT2D eigenvalue weighted by molar-refractivity contribution is 1.23. The molecule has 0 atom stereocenters. The molecule has 5 nitrogen and oxygen atoms in total. The maximum absolute atomic E-state index is 5.23. The summed E-state index contributed by atoms with van der Waals surface area (Å²) in [4.78, 5) is 0. The predicted molar refractivity (Wildman–Crippen MR) is 56.4 cm³/mol. The molecular weight excluding hydrogens is 265 g/mol. The smallest absolute Gasteiger partial charge is 0.177 e. The molecule has 0 heterocycles. The van der Waals surface area contributed by atoms with Crippen LogP contribution in [0.25, 0.3) is 0 Å². The minimum Gasteiger partial charge on any atom is -0.380 e. The first-order chi connectivity index (χ1) is 4.26. The lowest BCUT2D eigenvalue weighted by atomic mass is 10.7. The molecule has 0 fully saturated rings. The van der Waals surface area contributed by atoms with Crippen LogP contribution in [0.1, 0.15) is 0 Å². The van der Waals surface area contributed by atoms with E-state index in [-0.39, 0.29) is 29.8 Å². The Hall–Kier alpha value is -0.180. The van der Waals surface area contributed by atoms with Gasteiger partial charge in [0.15, 0.2) is 10.9 Å². The van der Waals surface area contributed by atoms with E-state index in [0.717, 1.165) is 0 Å². The van der Waals surface area contributed by atoms with Crippen LogP contribution in [0.4, 0.5) is 0 Å². The number of amidine groups is 1. The van der Waals surface area contributed by atoms with Crippen LogP contribution in [0.15, 0.2) is 10.2 Å². The zero-order valence-corrected chi connectivity index (χ0v) is 8.59. The van der Waals surface area contributed by atoms with E-state index < -0.39 is 0 Å². The van der Waals surface area contributed by atoms with E-state index in [9.17, 15) is 0 Å². The Morgan fingerprint density at radius 1 is 1.30 bits per heavy atom. The van der Waals surface area contributed by atoms with Gasteiger partial charge in [-0.25, -0.2) is 0 Å². The van der Waals surface area contributed by atoms with E-state index >= 15 is 0 Å². The summed E-state index contributed by atoms with van der Waals surface area (Å²) in [6, 6.07) is 0. The molecule has 0 saturated heterocycles. The number of nitrogens with two attached hydrogens (primary N) is 3. The van der Waals surface area contributed by atoms with E-state index in [1.165, 1.54) is 11.8 Å². The van der Waals surface area contributed by atoms with E-state index in [4.69, 9.17) is 17.4 Å². The van der Waals surface area contributed by atoms with Crippen LogP contribution in [0, 0.1) is 0 Å². The molecule has 0 spiro atoms. The van der Waals surface area contributed by atoms with Crippen molar-refractivity contribution in [3.63, 3.8) is 0 Å². The number of rotatable bonds is 0. The summed E-state index contributed by atoms with van der Waals surface area (Å²) in [7, 11) is 0. The average Bonchev–Trinajstić information content (AvgIpc) is 1.90. The Bertz CT molecular complexity index is 144. The van der Waals surface area contributed by atoms with Crippen LogP contribution in [0.5, 0.6) is 0 Å². The fourth-order valence-corrected chi connectivity index (χ4v) is 0.646. The van der Waals surface area contributed by atoms with Gasteiger partial charge < -0.3 is 17.4 Å². The van der Waals surface area contributed by atoms with Gasteiger partial charge in [-0.05, 0) is 6.26 Å². The maximum atomic E-state index is 5.23. The van der Waals surface area contributed by atoms with E-state index in [1.807, 2.05) is 0 Å². The molecule has 7 heteroatoms. The first kappa shape index (κ1) is 12.5. The third-order valence-corrected chi connectivity index (χ3v) is 1.37. The Labute approximate surface area is 80.5 Å². The molecule has 0 aromatic carbocycles. The molecule has 0 saturated carbocycles. The molecule has 0 unspecified atom stereocenters. The zero-order chi connectivity index (χ0) is 7.28. The van der Waals surface area contributed by atoms with Crippen molar-refractivity contribution in [2.24, 2.45) is 27.6 Å². The molecule has 0 aromatic heterocycles. The average molecular weight is 275 g/mol. The van der Waals surface area contributed by atoms with Crippen molar-refractivity contribution in [3.05, 3.63) is 0 Å². The third kappa shape index (κ3) is 3.77. The molecule has 0 aliphatic carbocycles. The van der Waals surface area contributed by atoms with Gasteiger partial charge in [0.05, 0.1) is 0 Å². The van der Waals surface area contributed by atoms with Crippen LogP contribution in [0.2, 0.25) is 0 Å². The Kier molecular flexibility index (Phi) is 8.66. The largest absolute Gasteiger partial charge is 0.380 e. The van der Waals surface area contributed by atoms with Crippen LogP contribution >= 0.6 is 35.7 Å². The summed E-state index contributed by atoms with van der Waals surface area (Å²) in [5, 5.41) is 6.96. The fraction of sp³-hybridized carbons (Fsp3) is 0.333. The van der Waals surface area contributed by atoms with Crippen molar-refractivity contribution in [2.75, 3.05) is 6.26 Å². The second-order valence-electron chi connectivity index (χ2n) is 1.15. The van der Waals surface area contributed by atoms with Crippen molar-refractivity contribution < 1.29 is 0 Å². The molecule has 0 aliphatic heterocycles. The van der Waals surface area contributed by atoms with E-state index in [1.54, 1.807) is 6.26 Å². The maximum Gasteiger partial charge on any atom is 0.177 e. The standard InChI is InChI=1S/C3H9N5S.HI/c1-9-3(8-6)2(4)7-5;/h5-6H2,1H3,(H2,4,7);1H/b8-3-;. The summed E-state index contributed by atoms with van der Waals surface area (Å²) in [5.74, 6) is 9.91. The number of hydrogen-bond acceptors (Lipinski definition) is 5. The van der Waals surface area contributed by atoms with Gasteiger partial charge in [-0.1, -0.05) is 0 Å². The van der Waals surface area contributed by atoms with Gasteiger partial charge in [-0.3, -0.25) is 0 Å². The Morgan fingerprint density at radius 2 is 1.80 bits per heavy atom. The fourth-order valence-electron chi connectivity index (χ4n) is 0.279. The van der Waals surface area contributed by atoms with Gasteiger partial charge in [0.25, 0.3) is 0 Å². The highest BCUT2D eigenvalue weighted by molar-refractivity contribution is 14.0. The van der Waals surface area contributed by atoms with Crippen LogP contribution in [-0.2, 0) is 0 Å². The van der Waals surface area contributed by atoms with Gasteiger partial charge >= 0.3 is 0 Å². The van der Waals surface area contributed by atoms with Crippen molar-refractivity contribution in [1.82, 2.24) is 0 Å². The summed E-state index contributed by atoms with van der Waals surface area (Å²) in [5.41, 5.74) is 5.23. The summed E-state index contributed by atoms with van der Waals surface area (Å²) in [6.07, 6.45) is 1.78. The van der Waals surface area contributed by atoms with Gasteiger partial charge in [0.2, 0.25) is 0 Å². The van der Waals surface area contributed by atoms with Crippen molar-refractivity contribution in [1.29, 1.82) is 0 Å². The third-order valence-electron chi connectivity index (χ3n) is 0.669. The highest BCUT2D eigenvalue weighted by Crippen LogP contribution is 1.94. The Morgan fingerprint density at radius 3 is 1.90 bits per heavy atom. The first-order valence-electron chi connectivity index (χ1n) is 2.11. The van der Waals surface area contributed by atoms with E-state index in [0.29, 0.717) is 5.04 Å². The van der Waals surface area contributed by atoms with Gasteiger partial charge in [-0.2, -0.15) is 10.2 Å². The van der Waals surface area contributed by atoms with Crippen molar-refractivity contribution in [2.45, 2.75) is 0 Å². The zero-order valence-electron chi connectivity index (χ0n) is 5.44. The summed E-state index contributed by atoms with van der Waals surface area (Å²) >= 11 is 1.29. The molecule has 0 rings (SSSR count). The second-order valence-corrected chi connectivity index (χ2v) is 1.95. The number of hydrogen-bond donors (Lipinski definition) is 3. The van der Waals surface area contributed by atoms with Crippen LogP contribution in [0.3, 0.4) is 0 Å². The molecule has 0 bridgehead atoms.